The molecule has 0 atom stereocenters. The quantitative estimate of drug-likeness (QED) is 0.457. The maximum atomic E-state index is 13.1. The zero-order chi connectivity index (χ0) is 21.3. The molecule has 0 spiro atoms. The Morgan fingerprint density at radius 1 is 1.17 bits per heavy atom. The Labute approximate surface area is 168 Å². The number of anilines is 2. The number of primary amides is 1. The average Bonchev–Trinajstić information content (AvgIpc) is 3.36. The van der Waals surface area contributed by atoms with Crippen LogP contribution in [0.15, 0.2) is 59.5 Å². The van der Waals surface area contributed by atoms with E-state index in [1.165, 1.54) is 41.3 Å². The van der Waals surface area contributed by atoms with Gasteiger partial charge in [-0.05, 0) is 36.4 Å². The van der Waals surface area contributed by atoms with Crippen LogP contribution in [0.4, 0.5) is 15.9 Å². The molecule has 0 aliphatic rings. The molecular formula is C19H14FN7O3. The Hall–Kier alpha value is -4.54. The Bertz CT molecular complexity index is 1250. The van der Waals surface area contributed by atoms with Crippen LogP contribution in [0.2, 0.25) is 0 Å². The van der Waals surface area contributed by atoms with Gasteiger partial charge in [-0.3, -0.25) is 9.59 Å². The predicted molar refractivity (Wildman–Crippen MR) is 104 cm³/mol. The van der Waals surface area contributed by atoms with Crippen molar-refractivity contribution in [2.24, 2.45) is 5.73 Å². The third-order valence-corrected chi connectivity index (χ3v) is 4.05. The molecule has 5 N–H and O–H groups in total. The van der Waals surface area contributed by atoms with Crippen molar-refractivity contribution in [1.29, 1.82) is 0 Å². The Balaban J connectivity index is 1.60. The molecule has 3 aromatic heterocycles. The average molecular weight is 407 g/mol. The number of nitrogens with two attached hydrogens (primary N) is 2. The second-order valence-electron chi connectivity index (χ2n) is 6.14. The van der Waals surface area contributed by atoms with Crippen LogP contribution in [0.25, 0.3) is 17.1 Å². The van der Waals surface area contributed by atoms with Gasteiger partial charge in [0, 0.05) is 11.8 Å². The Kier molecular flexibility index (Phi) is 4.68. The number of benzene rings is 1. The number of aromatic nitrogens is 4. The van der Waals surface area contributed by atoms with Gasteiger partial charge in [0.25, 0.3) is 11.8 Å². The number of amides is 2. The van der Waals surface area contributed by atoms with Crippen molar-refractivity contribution in [3.63, 3.8) is 0 Å². The number of halogens is 1. The highest BCUT2D eigenvalue weighted by atomic mass is 19.1. The third-order valence-electron chi connectivity index (χ3n) is 4.05. The van der Waals surface area contributed by atoms with E-state index in [9.17, 15) is 14.0 Å². The van der Waals surface area contributed by atoms with Crippen LogP contribution in [0, 0.1) is 5.82 Å². The highest BCUT2D eigenvalue weighted by Crippen LogP contribution is 2.22. The summed E-state index contributed by atoms with van der Waals surface area (Å²) in [5.74, 6) is -1.47. The number of nitrogens with one attached hydrogen (secondary N) is 1. The van der Waals surface area contributed by atoms with Crippen LogP contribution >= 0.6 is 0 Å². The fourth-order valence-electron chi connectivity index (χ4n) is 2.65. The number of carbonyl (C=O) groups is 2. The summed E-state index contributed by atoms with van der Waals surface area (Å²) in [6, 6.07) is 8.57. The van der Waals surface area contributed by atoms with Crippen molar-refractivity contribution in [1.82, 2.24) is 19.7 Å². The summed E-state index contributed by atoms with van der Waals surface area (Å²) in [5.41, 5.74) is 11.9. The highest BCUT2D eigenvalue weighted by Gasteiger charge is 2.20. The number of hydrogen-bond acceptors (Lipinski definition) is 7. The first-order valence-corrected chi connectivity index (χ1v) is 8.55. The minimum Gasteiger partial charge on any atom is -0.444 e. The summed E-state index contributed by atoms with van der Waals surface area (Å²) >= 11 is 0. The largest absolute Gasteiger partial charge is 0.444 e. The van der Waals surface area contributed by atoms with Gasteiger partial charge in [0.05, 0.1) is 17.6 Å². The summed E-state index contributed by atoms with van der Waals surface area (Å²) in [4.78, 5) is 32.3. The maximum absolute atomic E-state index is 13.1. The van der Waals surface area contributed by atoms with E-state index in [0.717, 1.165) is 6.26 Å². The molecule has 0 saturated heterocycles. The van der Waals surface area contributed by atoms with E-state index in [2.05, 4.69) is 20.4 Å². The fourth-order valence-corrected chi connectivity index (χ4v) is 2.65. The van der Waals surface area contributed by atoms with Crippen LogP contribution in [0.3, 0.4) is 0 Å². The molecule has 0 unspecified atom stereocenters. The molecule has 30 heavy (non-hydrogen) atoms. The summed E-state index contributed by atoms with van der Waals surface area (Å²) in [6.45, 7) is 0. The van der Waals surface area contributed by atoms with Crippen LogP contribution in [-0.2, 0) is 0 Å². The molecule has 0 aliphatic heterocycles. The summed E-state index contributed by atoms with van der Waals surface area (Å²) in [6.07, 6.45) is 4.03. The monoisotopic (exact) mass is 407 g/mol. The SMILES string of the molecule is NC(=O)c1nn(-c2ccc(F)cc2)cc1NC(=O)c1coc(-c2ccnc(N)c2)n1. The van der Waals surface area contributed by atoms with Gasteiger partial charge in [0.2, 0.25) is 5.89 Å². The number of nitrogen functional groups attached to an aromatic ring is 1. The van der Waals surface area contributed by atoms with E-state index in [4.69, 9.17) is 15.9 Å². The molecule has 150 valence electrons. The minimum atomic E-state index is -0.848. The molecule has 0 fully saturated rings. The molecule has 0 radical (unpaired) electrons. The summed E-state index contributed by atoms with van der Waals surface area (Å²) < 4.78 is 19.8. The smallest absolute Gasteiger partial charge is 0.277 e. The van der Waals surface area contributed by atoms with Crippen molar-refractivity contribution in [3.05, 3.63) is 72.3 Å². The van der Waals surface area contributed by atoms with Crippen LogP contribution in [-0.4, -0.2) is 31.6 Å². The van der Waals surface area contributed by atoms with Crippen LogP contribution in [0.5, 0.6) is 0 Å². The number of nitrogens with zero attached hydrogens (tertiary/aromatic N) is 4. The first-order chi connectivity index (χ1) is 14.4. The first-order valence-electron chi connectivity index (χ1n) is 8.55. The molecule has 0 bridgehead atoms. The van der Waals surface area contributed by atoms with E-state index in [-0.39, 0.29) is 28.8 Å². The van der Waals surface area contributed by atoms with E-state index in [0.29, 0.717) is 11.3 Å². The van der Waals surface area contributed by atoms with Gasteiger partial charge >= 0.3 is 0 Å². The molecule has 10 nitrogen and oxygen atoms in total. The molecule has 0 saturated carbocycles. The number of rotatable bonds is 5. The van der Waals surface area contributed by atoms with E-state index >= 15 is 0 Å². The van der Waals surface area contributed by atoms with E-state index < -0.39 is 17.6 Å². The van der Waals surface area contributed by atoms with Crippen molar-refractivity contribution in [2.75, 3.05) is 11.1 Å². The lowest BCUT2D eigenvalue weighted by atomic mass is 10.2. The molecule has 1 aromatic carbocycles. The van der Waals surface area contributed by atoms with Gasteiger partial charge in [-0.25, -0.2) is 19.0 Å². The van der Waals surface area contributed by atoms with Crippen LogP contribution < -0.4 is 16.8 Å². The normalized spacial score (nSPS) is 10.7. The van der Waals surface area contributed by atoms with Crippen molar-refractivity contribution in [3.8, 4) is 17.1 Å². The molecule has 3 heterocycles. The second kappa shape index (κ2) is 7.47. The lowest BCUT2D eigenvalue weighted by Crippen LogP contribution is -2.18. The van der Waals surface area contributed by atoms with Gasteiger partial charge in [0.15, 0.2) is 11.4 Å². The lowest BCUT2D eigenvalue weighted by Gasteiger charge is -2.01. The number of oxazole rings is 1. The zero-order valence-electron chi connectivity index (χ0n) is 15.2. The van der Waals surface area contributed by atoms with E-state index in [1.807, 2.05) is 0 Å². The fraction of sp³-hybridized carbons (Fsp3) is 0. The molecule has 2 amide bonds. The van der Waals surface area contributed by atoms with Gasteiger partial charge in [-0.15, -0.1) is 0 Å². The van der Waals surface area contributed by atoms with Crippen molar-refractivity contribution >= 4 is 23.3 Å². The number of hydrogen-bond donors (Lipinski definition) is 3. The van der Waals surface area contributed by atoms with Gasteiger partial charge < -0.3 is 21.2 Å². The number of carbonyl (C=O) groups excluding carboxylic acids is 2. The first kappa shape index (κ1) is 18.8. The molecule has 0 aliphatic carbocycles. The van der Waals surface area contributed by atoms with Crippen LogP contribution in [0.1, 0.15) is 21.0 Å². The Morgan fingerprint density at radius 3 is 2.63 bits per heavy atom. The molecular weight excluding hydrogens is 393 g/mol. The Morgan fingerprint density at radius 2 is 1.93 bits per heavy atom. The summed E-state index contributed by atoms with van der Waals surface area (Å²) in [7, 11) is 0. The standard InChI is InChI=1S/C19H14FN7O3/c20-11-1-3-12(4-2-11)27-8-13(16(26-27)17(22)28)24-18(29)14-9-30-19(25-14)10-5-6-23-15(21)7-10/h1-9H,(H2,21,23)(H2,22,28)(H,24,29). The number of pyridine rings is 1. The second-order valence-corrected chi connectivity index (χ2v) is 6.14. The maximum Gasteiger partial charge on any atom is 0.277 e. The zero-order valence-corrected chi connectivity index (χ0v) is 15.2. The molecule has 4 aromatic rings. The van der Waals surface area contributed by atoms with Crippen molar-refractivity contribution in [2.45, 2.75) is 0 Å². The van der Waals surface area contributed by atoms with Gasteiger partial charge in [0.1, 0.15) is 17.9 Å². The van der Waals surface area contributed by atoms with Crippen molar-refractivity contribution < 1.29 is 18.4 Å². The van der Waals surface area contributed by atoms with E-state index in [1.54, 1.807) is 12.1 Å². The lowest BCUT2D eigenvalue weighted by molar-refractivity contribution is 0.0996. The minimum absolute atomic E-state index is 0.0367. The predicted octanol–water partition coefficient (Wildman–Crippen LogP) is 1.99. The highest BCUT2D eigenvalue weighted by molar-refractivity contribution is 6.07. The summed E-state index contributed by atoms with van der Waals surface area (Å²) in [5, 5.41) is 6.59. The van der Waals surface area contributed by atoms with Gasteiger partial charge in [-0.1, -0.05) is 0 Å². The molecule has 4 rings (SSSR count). The third kappa shape index (κ3) is 3.71. The topological polar surface area (TPSA) is 155 Å². The molecule has 11 heteroatoms. The van der Waals surface area contributed by atoms with Gasteiger partial charge in [-0.2, -0.15) is 5.10 Å².